The Morgan fingerprint density at radius 1 is 1.40 bits per heavy atom. The third kappa shape index (κ3) is 3.64. The first-order chi connectivity index (χ1) is 9.56. The van der Waals surface area contributed by atoms with Crippen molar-refractivity contribution in [3.8, 4) is 0 Å². The van der Waals surface area contributed by atoms with E-state index in [0.29, 0.717) is 16.7 Å². The molecule has 1 heterocycles. The molecular formula is C12H11BrN4O3. The standard InChI is InChI=1S/C12H11BrN4O3/c13-10-2-1-8(7-9(10)12(19)20)15-11(18)3-5-17-6-4-14-16-17/h1-2,4,6-7H,3,5H2,(H,15,18)(H,19,20). The zero-order chi connectivity index (χ0) is 14.5. The Balaban J connectivity index is 1.97. The number of carboxylic acid groups (broad SMARTS) is 1. The van der Waals surface area contributed by atoms with E-state index in [9.17, 15) is 9.59 Å². The van der Waals surface area contributed by atoms with Gasteiger partial charge in [-0.25, -0.2) is 4.79 Å². The second-order valence-electron chi connectivity index (χ2n) is 3.96. The lowest BCUT2D eigenvalue weighted by atomic mass is 10.2. The van der Waals surface area contributed by atoms with Crippen molar-refractivity contribution in [2.45, 2.75) is 13.0 Å². The highest BCUT2D eigenvalue weighted by Crippen LogP contribution is 2.21. The van der Waals surface area contributed by atoms with Gasteiger partial charge in [-0.2, -0.15) is 0 Å². The van der Waals surface area contributed by atoms with Crippen LogP contribution in [0, 0.1) is 0 Å². The van der Waals surface area contributed by atoms with Crippen molar-refractivity contribution < 1.29 is 14.7 Å². The van der Waals surface area contributed by atoms with Crippen molar-refractivity contribution in [2.75, 3.05) is 5.32 Å². The molecule has 1 aromatic carbocycles. The average Bonchev–Trinajstić information content (AvgIpc) is 2.91. The van der Waals surface area contributed by atoms with E-state index >= 15 is 0 Å². The molecule has 0 radical (unpaired) electrons. The largest absolute Gasteiger partial charge is 0.478 e. The predicted molar refractivity (Wildman–Crippen MR) is 74.4 cm³/mol. The highest BCUT2D eigenvalue weighted by atomic mass is 79.9. The van der Waals surface area contributed by atoms with Gasteiger partial charge in [0.1, 0.15) is 0 Å². The molecule has 0 aliphatic heterocycles. The van der Waals surface area contributed by atoms with Crippen molar-refractivity contribution in [3.05, 3.63) is 40.6 Å². The zero-order valence-electron chi connectivity index (χ0n) is 10.3. The van der Waals surface area contributed by atoms with Gasteiger partial charge in [-0.15, -0.1) is 5.10 Å². The molecule has 0 bridgehead atoms. The summed E-state index contributed by atoms with van der Waals surface area (Å²) in [5, 5.41) is 19.0. The molecule has 1 amide bonds. The molecule has 8 heteroatoms. The summed E-state index contributed by atoms with van der Waals surface area (Å²) in [5.41, 5.74) is 0.535. The number of rotatable bonds is 5. The fraction of sp³-hybridized carbons (Fsp3) is 0.167. The van der Waals surface area contributed by atoms with Crippen LogP contribution < -0.4 is 5.32 Å². The molecule has 0 fully saturated rings. The maximum Gasteiger partial charge on any atom is 0.336 e. The number of aryl methyl sites for hydroxylation is 1. The number of nitrogens with one attached hydrogen (secondary N) is 1. The Hall–Kier alpha value is -2.22. The van der Waals surface area contributed by atoms with Gasteiger partial charge in [0.25, 0.3) is 0 Å². The number of carbonyl (C=O) groups excluding carboxylic acids is 1. The molecule has 2 N–H and O–H groups in total. The number of carbonyl (C=O) groups is 2. The lowest BCUT2D eigenvalue weighted by Crippen LogP contribution is -2.15. The van der Waals surface area contributed by atoms with E-state index in [1.54, 1.807) is 23.0 Å². The van der Waals surface area contributed by atoms with E-state index in [1.807, 2.05) is 0 Å². The van der Waals surface area contributed by atoms with Gasteiger partial charge in [0.15, 0.2) is 0 Å². The summed E-state index contributed by atoms with van der Waals surface area (Å²) >= 11 is 3.14. The Morgan fingerprint density at radius 3 is 2.85 bits per heavy atom. The number of benzene rings is 1. The van der Waals surface area contributed by atoms with Gasteiger partial charge in [0.2, 0.25) is 5.91 Å². The highest BCUT2D eigenvalue weighted by molar-refractivity contribution is 9.10. The van der Waals surface area contributed by atoms with Gasteiger partial charge in [0, 0.05) is 22.8 Å². The summed E-state index contributed by atoms with van der Waals surface area (Å²) in [7, 11) is 0. The fourth-order valence-corrected chi connectivity index (χ4v) is 1.97. The van der Waals surface area contributed by atoms with Gasteiger partial charge < -0.3 is 10.4 Å². The number of hydrogen-bond donors (Lipinski definition) is 2. The number of carboxylic acids is 1. The third-order valence-electron chi connectivity index (χ3n) is 2.52. The number of anilines is 1. The molecule has 0 saturated carbocycles. The van der Waals surface area contributed by atoms with Crippen molar-refractivity contribution in [1.82, 2.24) is 15.0 Å². The maximum absolute atomic E-state index is 11.7. The van der Waals surface area contributed by atoms with E-state index in [1.165, 1.54) is 12.3 Å². The summed E-state index contributed by atoms with van der Waals surface area (Å²) in [4.78, 5) is 22.7. The van der Waals surface area contributed by atoms with Crippen LogP contribution in [0.15, 0.2) is 35.1 Å². The van der Waals surface area contributed by atoms with Crippen molar-refractivity contribution in [1.29, 1.82) is 0 Å². The molecule has 0 unspecified atom stereocenters. The Morgan fingerprint density at radius 2 is 2.20 bits per heavy atom. The first kappa shape index (κ1) is 14.2. The minimum atomic E-state index is -1.06. The summed E-state index contributed by atoms with van der Waals surface area (Å²) in [6.45, 7) is 0.411. The molecule has 2 rings (SSSR count). The fourth-order valence-electron chi connectivity index (χ4n) is 1.56. The third-order valence-corrected chi connectivity index (χ3v) is 3.21. The van der Waals surface area contributed by atoms with Crippen LogP contribution in [0.1, 0.15) is 16.8 Å². The molecule has 0 aliphatic rings. The molecule has 20 heavy (non-hydrogen) atoms. The number of nitrogens with zero attached hydrogens (tertiary/aromatic N) is 3. The predicted octanol–water partition coefficient (Wildman–Crippen LogP) is 1.77. The zero-order valence-corrected chi connectivity index (χ0v) is 11.9. The summed E-state index contributed by atoms with van der Waals surface area (Å²) in [6.07, 6.45) is 3.42. The summed E-state index contributed by atoms with van der Waals surface area (Å²) in [5.74, 6) is -1.28. The van der Waals surface area contributed by atoms with Crippen LogP contribution in [-0.4, -0.2) is 32.0 Å². The van der Waals surface area contributed by atoms with Gasteiger partial charge in [-0.1, -0.05) is 5.21 Å². The first-order valence-electron chi connectivity index (χ1n) is 5.73. The molecule has 0 aliphatic carbocycles. The molecular weight excluding hydrogens is 328 g/mol. The molecule has 0 saturated heterocycles. The number of halogens is 1. The Labute approximate surface area is 122 Å². The second-order valence-corrected chi connectivity index (χ2v) is 4.82. The Bertz CT molecular complexity index is 628. The van der Waals surface area contributed by atoms with Crippen molar-refractivity contribution in [2.24, 2.45) is 0 Å². The SMILES string of the molecule is O=C(CCn1ccnn1)Nc1ccc(Br)c(C(=O)O)c1. The molecule has 0 atom stereocenters. The van der Waals surface area contributed by atoms with Crippen LogP contribution in [0.2, 0.25) is 0 Å². The van der Waals surface area contributed by atoms with E-state index in [-0.39, 0.29) is 17.9 Å². The second kappa shape index (κ2) is 6.29. The average molecular weight is 339 g/mol. The number of aromatic carboxylic acids is 1. The Kier molecular flexibility index (Phi) is 4.46. The molecule has 2 aromatic rings. The van der Waals surface area contributed by atoms with Crippen LogP contribution in [0.25, 0.3) is 0 Å². The first-order valence-corrected chi connectivity index (χ1v) is 6.52. The minimum Gasteiger partial charge on any atom is -0.478 e. The highest BCUT2D eigenvalue weighted by Gasteiger charge is 2.10. The monoisotopic (exact) mass is 338 g/mol. The topological polar surface area (TPSA) is 97.1 Å². The quantitative estimate of drug-likeness (QED) is 0.865. The van der Waals surface area contributed by atoms with E-state index < -0.39 is 5.97 Å². The molecule has 0 spiro atoms. The van der Waals surface area contributed by atoms with Crippen molar-refractivity contribution >= 4 is 33.5 Å². The lowest BCUT2D eigenvalue weighted by Gasteiger charge is -2.07. The van der Waals surface area contributed by atoms with Crippen molar-refractivity contribution in [3.63, 3.8) is 0 Å². The normalized spacial score (nSPS) is 10.2. The minimum absolute atomic E-state index is 0.0964. The van der Waals surface area contributed by atoms with Crippen LogP contribution >= 0.6 is 15.9 Å². The van der Waals surface area contributed by atoms with Crippen LogP contribution in [-0.2, 0) is 11.3 Å². The van der Waals surface area contributed by atoms with E-state index in [0.717, 1.165) is 0 Å². The van der Waals surface area contributed by atoms with Crippen LogP contribution in [0.4, 0.5) is 5.69 Å². The van der Waals surface area contributed by atoms with Gasteiger partial charge in [-0.05, 0) is 34.1 Å². The van der Waals surface area contributed by atoms with Crippen LogP contribution in [0.5, 0.6) is 0 Å². The van der Waals surface area contributed by atoms with E-state index in [4.69, 9.17) is 5.11 Å². The van der Waals surface area contributed by atoms with Gasteiger partial charge in [0.05, 0.1) is 18.3 Å². The number of hydrogen-bond acceptors (Lipinski definition) is 4. The summed E-state index contributed by atoms with van der Waals surface area (Å²) < 4.78 is 2.01. The maximum atomic E-state index is 11.7. The molecule has 7 nitrogen and oxygen atoms in total. The lowest BCUT2D eigenvalue weighted by molar-refractivity contribution is -0.116. The smallest absolute Gasteiger partial charge is 0.336 e. The van der Waals surface area contributed by atoms with Gasteiger partial charge in [-0.3, -0.25) is 9.48 Å². The molecule has 104 valence electrons. The molecule has 1 aromatic heterocycles. The number of amides is 1. The summed E-state index contributed by atoms with van der Waals surface area (Å²) in [6, 6.07) is 4.61. The van der Waals surface area contributed by atoms with Gasteiger partial charge >= 0.3 is 5.97 Å². The van der Waals surface area contributed by atoms with E-state index in [2.05, 4.69) is 31.6 Å². The number of aromatic nitrogens is 3. The van der Waals surface area contributed by atoms with Crippen LogP contribution in [0.3, 0.4) is 0 Å².